The van der Waals surface area contributed by atoms with E-state index in [2.05, 4.69) is 11.9 Å². The molecule has 1 aliphatic carbocycles. The van der Waals surface area contributed by atoms with Gasteiger partial charge in [0.1, 0.15) is 12.4 Å². The Kier molecular flexibility index (Phi) is 5.01. The molecule has 1 N–H and O–H groups in total. The van der Waals surface area contributed by atoms with Crippen LogP contribution in [0, 0.1) is 5.92 Å². The van der Waals surface area contributed by atoms with E-state index in [1.807, 2.05) is 24.3 Å². The molecule has 3 heteroatoms. The molecule has 0 aliphatic heterocycles. The summed E-state index contributed by atoms with van der Waals surface area (Å²) in [6.45, 7) is 4.08. The smallest absolute Gasteiger partial charge is 0.224 e. The zero-order valence-electron chi connectivity index (χ0n) is 11.2. The normalized spacial score (nSPS) is 15.2. The average molecular weight is 259 g/mol. The summed E-state index contributed by atoms with van der Waals surface area (Å²) in [7, 11) is 0. The SMILES string of the molecule is C=CCOc1cccc(NC(=O)CC2CCCC2)c1. The van der Waals surface area contributed by atoms with E-state index < -0.39 is 0 Å². The predicted octanol–water partition coefficient (Wildman–Crippen LogP) is 3.77. The lowest BCUT2D eigenvalue weighted by Crippen LogP contribution is -2.15. The third-order valence-electron chi connectivity index (χ3n) is 3.43. The molecule has 102 valence electrons. The van der Waals surface area contributed by atoms with Gasteiger partial charge in [-0.25, -0.2) is 0 Å². The first-order valence-electron chi connectivity index (χ1n) is 6.91. The van der Waals surface area contributed by atoms with Crippen molar-refractivity contribution in [2.45, 2.75) is 32.1 Å². The fourth-order valence-electron chi connectivity index (χ4n) is 2.51. The van der Waals surface area contributed by atoms with Crippen LogP contribution >= 0.6 is 0 Å². The molecule has 0 heterocycles. The summed E-state index contributed by atoms with van der Waals surface area (Å²) < 4.78 is 5.44. The second-order valence-corrected chi connectivity index (χ2v) is 5.03. The molecular formula is C16H21NO2. The van der Waals surface area contributed by atoms with Gasteiger partial charge in [0.15, 0.2) is 0 Å². The lowest BCUT2D eigenvalue weighted by Gasteiger charge is -2.10. The number of ether oxygens (including phenoxy) is 1. The van der Waals surface area contributed by atoms with Crippen LogP contribution in [0.5, 0.6) is 5.75 Å². The van der Waals surface area contributed by atoms with E-state index >= 15 is 0 Å². The van der Waals surface area contributed by atoms with E-state index in [4.69, 9.17) is 4.74 Å². The number of anilines is 1. The first kappa shape index (κ1) is 13.7. The van der Waals surface area contributed by atoms with Crippen LogP contribution in [0.15, 0.2) is 36.9 Å². The molecule has 19 heavy (non-hydrogen) atoms. The van der Waals surface area contributed by atoms with Crippen LogP contribution in [0.3, 0.4) is 0 Å². The Morgan fingerprint density at radius 2 is 2.21 bits per heavy atom. The van der Waals surface area contributed by atoms with Crippen molar-refractivity contribution >= 4 is 11.6 Å². The van der Waals surface area contributed by atoms with Gasteiger partial charge >= 0.3 is 0 Å². The Hall–Kier alpha value is -1.77. The topological polar surface area (TPSA) is 38.3 Å². The highest BCUT2D eigenvalue weighted by atomic mass is 16.5. The average Bonchev–Trinajstić information content (AvgIpc) is 2.89. The molecule has 0 saturated heterocycles. The first-order valence-corrected chi connectivity index (χ1v) is 6.91. The minimum absolute atomic E-state index is 0.104. The molecule has 0 radical (unpaired) electrons. The summed E-state index contributed by atoms with van der Waals surface area (Å²) in [5, 5.41) is 2.94. The number of benzene rings is 1. The van der Waals surface area contributed by atoms with Crippen molar-refractivity contribution in [3.05, 3.63) is 36.9 Å². The predicted molar refractivity (Wildman–Crippen MR) is 77.3 cm³/mol. The van der Waals surface area contributed by atoms with Gasteiger partial charge in [0.05, 0.1) is 0 Å². The molecule has 0 bridgehead atoms. The van der Waals surface area contributed by atoms with E-state index in [1.54, 1.807) is 6.08 Å². The second kappa shape index (κ2) is 6.98. The highest BCUT2D eigenvalue weighted by molar-refractivity contribution is 5.91. The summed E-state index contributed by atoms with van der Waals surface area (Å²) in [5.74, 6) is 1.42. The fraction of sp³-hybridized carbons (Fsp3) is 0.438. The first-order chi connectivity index (χ1) is 9.28. The van der Waals surface area contributed by atoms with Gasteiger partial charge in [-0.2, -0.15) is 0 Å². The van der Waals surface area contributed by atoms with Crippen molar-refractivity contribution in [3.8, 4) is 5.75 Å². The fourth-order valence-corrected chi connectivity index (χ4v) is 2.51. The minimum atomic E-state index is 0.104. The number of rotatable bonds is 6. The van der Waals surface area contributed by atoms with E-state index in [9.17, 15) is 4.79 Å². The third-order valence-corrected chi connectivity index (χ3v) is 3.43. The standard InChI is InChI=1S/C16H21NO2/c1-2-10-19-15-9-5-8-14(12-15)17-16(18)11-13-6-3-4-7-13/h2,5,8-9,12-13H,1,3-4,6-7,10-11H2,(H,17,18). The van der Waals surface area contributed by atoms with Gasteiger partial charge in [0, 0.05) is 18.2 Å². The molecule has 0 unspecified atom stereocenters. The van der Waals surface area contributed by atoms with Crippen LogP contribution in [0.25, 0.3) is 0 Å². The number of carbonyl (C=O) groups is 1. The van der Waals surface area contributed by atoms with Crippen LogP contribution in [-0.4, -0.2) is 12.5 Å². The molecule has 0 spiro atoms. The van der Waals surface area contributed by atoms with Crippen molar-refractivity contribution in [2.75, 3.05) is 11.9 Å². The number of carbonyl (C=O) groups excluding carboxylic acids is 1. The van der Waals surface area contributed by atoms with Crippen LogP contribution in [0.1, 0.15) is 32.1 Å². The van der Waals surface area contributed by atoms with Gasteiger partial charge in [0.25, 0.3) is 0 Å². The Morgan fingerprint density at radius 3 is 2.95 bits per heavy atom. The van der Waals surface area contributed by atoms with Crippen molar-refractivity contribution in [1.29, 1.82) is 0 Å². The Labute approximate surface area is 114 Å². The molecule has 1 aromatic rings. The number of nitrogens with one attached hydrogen (secondary N) is 1. The molecule has 1 saturated carbocycles. The maximum Gasteiger partial charge on any atom is 0.224 e. The van der Waals surface area contributed by atoms with Crippen LogP contribution in [0.4, 0.5) is 5.69 Å². The molecule has 0 aromatic heterocycles. The molecular weight excluding hydrogens is 238 g/mol. The van der Waals surface area contributed by atoms with Crippen molar-refractivity contribution in [1.82, 2.24) is 0 Å². The van der Waals surface area contributed by atoms with Crippen molar-refractivity contribution < 1.29 is 9.53 Å². The molecule has 3 nitrogen and oxygen atoms in total. The van der Waals surface area contributed by atoms with E-state index in [-0.39, 0.29) is 5.91 Å². The van der Waals surface area contributed by atoms with Crippen LogP contribution < -0.4 is 10.1 Å². The van der Waals surface area contributed by atoms with Gasteiger partial charge in [-0.15, -0.1) is 0 Å². The Balaban J connectivity index is 1.86. The van der Waals surface area contributed by atoms with Crippen molar-refractivity contribution in [3.63, 3.8) is 0 Å². The molecule has 1 fully saturated rings. The lowest BCUT2D eigenvalue weighted by atomic mass is 10.0. The van der Waals surface area contributed by atoms with Gasteiger partial charge in [-0.3, -0.25) is 4.79 Å². The molecule has 2 rings (SSSR count). The third kappa shape index (κ3) is 4.43. The number of hydrogen-bond donors (Lipinski definition) is 1. The van der Waals surface area contributed by atoms with Crippen LogP contribution in [0.2, 0.25) is 0 Å². The number of amides is 1. The van der Waals surface area contributed by atoms with Gasteiger partial charge in [0.2, 0.25) is 5.91 Å². The maximum atomic E-state index is 11.9. The summed E-state index contributed by atoms with van der Waals surface area (Å²) in [4.78, 5) is 11.9. The van der Waals surface area contributed by atoms with E-state index in [1.165, 1.54) is 25.7 Å². The molecule has 0 atom stereocenters. The molecule has 1 aliphatic rings. The van der Waals surface area contributed by atoms with E-state index in [0.29, 0.717) is 18.9 Å². The quantitative estimate of drug-likeness (QED) is 0.790. The monoisotopic (exact) mass is 259 g/mol. The zero-order valence-corrected chi connectivity index (χ0v) is 11.2. The summed E-state index contributed by atoms with van der Waals surface area (Å²) in [5.41, 5.74) is 0.796. The Bertz CT molecular complexity index is 436. The molecule has 1 amide bonds. The second-order valence-electron chi connectivity index (χ2n) is 5.03. The summed E-state index contributed by atoms with van der Waals surface area (Å²) >= 11 is 0. The summed E-state index contributed by atoms with van der Waals surface area (Å²) in [6.07, 6.45) is 7.25. The lowest BCUT2D eigenvalue weighted by molar-refractivity contribution is -0.117. The van der Waals surface area contributed by atoms with Gasteiger partial charge < -0.3 is 10.1 Å². The largest absolute Gasteiger partial charge is 0.489 e. The number of hydrogen-bond acceptors (Lipinski definition) is 2. The summed E-state index contributed by atoms with van der Waals surface area (Å²) in [6, 6.07) is 7.48. The van der Waals surface area contributed by atoms with Gasteiger partial charge in [-0.1, -0.05) is 31.6 Å². The van der Waals surface area contributed by atoms with Crippen molar-refractivity contribution in [2.24, 2.45) is 5.92 Å². The highest BCUT2D eigenvalue weighted by Gasteiger charge is 2.18. The van der Waals surface area contributed by atoms with Gasteiger partial charge in [-0.05, 0) is 30.9 Å². The zero-order chi connectivity index (χ0) is 13.5. The van der Waals surface area contributed by atoms with E-state index in [0.717, 1.165) is 11.4 Å². The minimum Gasteiger partial charge on any atom is -0.489 e. The highest BCUT2D eigenvalue weighted by Crippen LogP contribution is 2.28. The molecule has 1 aromatic carbocycles. The Morgan fingerprint density at radius 1 is 1.42 bits per heavy atom. The maximum absolute atomic E-state index is 11.9. The van der Waals surface area contributed by atoms with Crippen LogP contribution in [-0.2, 0) is 4.79 Å².